The van der Waals surface area contributed by atoms with E-state index in [0.29, 0.717) is 31.2 Å². The Balaban J connectivity index is 3.05. The van der Waals surface area contributed by atoms with Gasteiger partial charge in [0.15, 0.2) is 0 Å². The van der Waals surface area contributed by atoms with Gasteiger partial charge in [0, 0.05) is 0 Å². The van der Waals surface area contributed by atoms with Crippen LogP contribution in [0.3, 0.4) is 0 Å². The second-order valence-corrected chi connectivity index (χ2v) is 7.20. The largest absolute Gasteiger partial charge is 0.422 e. The molecule has 0 saturated heterocycles. The van der Waals surface area contributed by atoms with E-state index in [9.17, 15) is 47.9 Å². The van der Waals surface area contributed by atoms with Gasteiger partial charge in [-0.25, -0.2) is 13.4 Å². The molecule has 28 heavy (non-hydrogen) atoms. The Labute approximate surface area is 152 Å². The number of sulfonamides is 1. The number of nitrogens with zero attached hydrogens (tertiary/aromatic N) is 1. The van der Waals surface area contributed by atoms with Crippen LogP contribution in [0.25, 0.3) is 0 Å². The van der Waals surface area contributed by atoms with Crippen molar-refractivity contribution in [3.05, 3.63) is 29.8 Å². The van der Waals surface area contributed by atoms with Crippen molar-refractivity contribution < 1.29 is 47.9 Å². The lowest BCUT2D eigenvalue weighted by molar-refractivity contribution is -0.289. The van der Waals surface area contributed by atoms with Crippen molar-refractivity contribution in [3.8, 4) is 0 Å². The molecule has 0 aliphatic heterocycles. The van der Waals surface area contributed by atoms with Gasteiger partial charge in [-0.3, -0.25) is 5.43 Å². The van der Waals surface area contributed by atoms with Gasteiger partial charge in [0.2, 0.25) is 5.54 Å². The molecule has 0 heterocycles. The lowest BCUT2D eigenvalue weighted by Gasteiger charge is -2.30. The Kier molecular flexibility index (Phi) is 6.36. The van der Waals surface area contributed by atoms with Crippen LogP contribution >= 0.6 is 0 Å². The first kappa shape index (κ1) is 24.0. The van der Waals surface area contributed by atoms with Crippen LogP contribution in [-0.2, 0) is 16.2 Å². The van der Waals surface area contributed by atoms with E-state index in [4.69, 9.17) is 0 Å². The average molecular weight is 445 g/mol. The summed E-state index contributed by atoms with van der Waals surface area (Å²) in [4.78, 5) is 3.18. The van der Waals surface area contributed by atoms with Gasteiger partial charge in [0.1, 0.15) is 5.84 Å². The number of alkyl halides is 9. The monoisotopic (exact) mass is 445 g/mol. The van der Waals surface area contributed by atoms with Crippen LogP contribution in [-0.4, -0.2) is 32.1 Å². The molecule has 0 fully saturated rings. The number of benzene rings is 1. The zero-order valence-electron chi connectivity index (χ0n) is 13.9. The molecule has 160 valence electrons. The summed E-state index contributed by atoms with van der Waals surface area (Å²) in [6.45, 7) is 0.382. The normalized spacial score (nSPS) is 14.9. The summed E-state index contributed by atoms with van der Waals surface area (Å²) in [6, 6.07) is 1.96. The van der Waals surface area contributed by atoms with Crippen molar-refractivity contribution in [2.45, 2.75) is 42.8 Å². The molecule has 0 radical (unpaired) electrons. The molecule has 0 spiro atoms. The zero-order chi connectivity index (χ0) is 22.2. The standard InChI is InChI=1S/C13H12F9N3O2S/c1-7(23-10(2,12(17,18)19)13(20,21)22)24-25-28(26,27)9-5-3-8(4-6-9)11(14,15)16/h3-6,25H,1-2H3,(H,23,24). The Morgan fingerprint density at radius 2 is 1.32 bits per heavy atom. The number of amidine groups is 1. The quantitative estimate of drug-likeness (QED) is 0.321. The van der Waals surface area contributed by atoms with E-state index >= 15 is 0 Å². The number of hydrazine groups is 1. The van der Waals surface area contributed by atoms with Gasteiger partial charge in [0.05, 0.1) is 10.5 Å². The molecule has 2 N–H and O–H groups in total. The minimum absolute atomic E-state index is 0.247. The molecule has 1 aromatic rings. The second-order valence-electron chi connectivity index (χ2n) is 5.52. The molecule has 0 aliphatic rings. The first-order valence-electron chi connectivity index (χ1n) is 6.96. The minimum atomic E-state index is -5.83. The molecule has 0 saturated carbocycles. The average Bonchev–Trinajstić information content (AvgIpc) is 2.50. The van der Waals surface area contributed by atoms with Crippen molar-refractivity contribution in [1.29, 1.82) is 0 Å². The number of hydrogen-bond donors (Lipinski definition) is 2. The lowest BCUT2D eigenvalue weighted by atomic mass is 10.0. The van der Waals surface area contributed by atoms with Crippen molar-refractivity contribution >= 4 is 15.9 Å². The highest BCUT2D eigenvalue weighted by Crippen LogP contribution is 2.45. The van der Waals surface area contributed by atoms with Crippen molar-refractivity contribution in [2.24, 2.45) is 4.99 Å². The summed E-state index contributed by atoms with van der Waals surface area (Å²) in [7, 11) is -4.62. The molecular weight excluding hydrogens is 433 g/mol. The zero-order valence-corrected chi connectivity index (χ0v) is 14.7. The maximum absolute atomic E-state index is 12.7. The Hall–Kier alpha value is -2.03. The first-order chi connectivity index (χ1) is 12.3. The number of halogens is 9. The fraction of sp³-hybridized carbons (Fsp3) is 0.462. The summed E-state index contributed by atoms with van der Waals surface area (Å²) in [5.41, 5.74) is -4.12. The van der Waals surface area contributed by atoms with E-state index < -0.39 is 50.4 Å². The molecule has 0 atom stereocenters. The van der Waals surface area contributed by atoms with E-state index in [-0.39, 0.29) is 6.92 Å². The van der Waals surface area contributed by atoms with Gasteiger partial charge in [-0.1, -0.05) is 0 Å². The number of aliphatic imine (C=N–C) groups is 1. The van der Waals surface area contributed by atoms with Crippen LogP contribution in [0.5, 0.6) is 0 Å². The van der Waals surface area contributed by atoms with Crippen LogP contribution in [0.4, 0.5) is 39.5 Å². The number of hydrogen-bond acceptors (Lipinski definition) is 3. The SMILES string of the molecule is CC(=NC(C)(C(F)(F)F)C(F)(F)F)NNS(=O)(=O)c1ccc(C(F)(F)F)cc1. The molecule has 0 amide bonds. The third-order valence-corrected chi connectivity index (χ3v) is 4.62. The first-order valence-corrected chi connectivity index (χ1v) is 8.44. The van der Waals surface area contributed by atoms with E-state index in [1.165, 1.54) is 4.83 Å². The minimum Gasteiger partial charge on any atom is -0.296 e. The lowest BCUT2D eigenvalue weighted by Crippen LogP contribution is -2.54. The van der Waals surface area contributed by atoms with E-state index in [0.717, 1.165) is 0 Å². The van der Waals surface area contributed by atoms with Gasteiger partial charge in [0.25, 0.3) is 10.0 Å². The summed E-state index contributed by atoms with van der Waals surface area (Å²) in [5.74, 6) is -1.09. The molecule has 1 rings (SSSR count). The van der Waals surface area contributed by atoms with Crippen LogP contribution < -0.4 is 10.3 Å². The molecule has 5 nitrogen and oxygen atoms in total. The Morgan fingerprint density at radius 3 is 1.68 bits per heavy atom. The molecule has 0 aliphatic carbocycles. The van der Waals surface area contributed by atoms with Crippen molar-refractivity contribution in [3.63, 3.8) is 0 Å². The molecular formula is C13H12F9N3O2S. The fourth-order valence-electron chi connectivity index (χ4n) is 1.67. The molecule has 0 bridgehead atoms. The summed E-state index contributed by atoms with van der Waals surface area (Å²) in [5, 5.41) is 0. The number of nitrogens with one attached hydrogen (secondary N) is 2. The van der Waals surface area contributed by atoms with Gasteiger partial charge >= 0.3 is 18.5 Å². The van der Waals surface area contributed by atoms with Gasteiger partial charge in [-0.05, 0) is 38.1 Å². The maximum Gasteiger partial charge on any atom is 0.422 e. The van der Waals surface area contributed by atoms with Crippen LogP contribution in [0, 0.1) is 0 Å². The van der Waals surface area contributed by atoms with Gasteiger partial charge in [-0.2, -0.15) is 39.5 Å². The third-order valence-electron chi connectivity index (χ3n) is 3.35. The Bertz CT molecular complexity index is 811. The van der Waals surface area contributed by atoms with Gasteiger partial charge < -0.3 is 0 Å². The number of rotatable bonds is 4. The van der Waals surface area contributed by atoms with Crippen LogP contribution in [0.2, 0.25) is 0 Å². The Morgan fingerprint density at radius 1 is 0.893 bits per heavy atom. The predicted octanol–water partition coefficient (Wildman–Crippen LogP) is 3.79. The summed E-state index contributed by atoms with van der Waals surface area (Å²) < 4.78 is 138. The van der Waals surface area contributed by atoms with Crippen molar-refractivity contribution in [1.82, 2.24) is 10.3 Å². The highest BCUT2D eigenvalue weighted by molar-refractivity contribution is 7.89. The predicted molar refractivity (Wildman–Crippen MR) is 78.5 cm³/mol. The second kappa shape index (κ2) is 7.42. The van der Waals surface area contributed by atoms with Crippen molar-refractivity contribution in [2.75, 3.05) is 0 Å². The smallest absolute Gasteiger partial charge is 0.296 e. The summed E-state index contributed by atoms with van der Waals surface area (Å²) in [6.07, 6.45) is -16.4. The molecule has 0 aromatic heterocycles. The van der Waals surface area contributed by atoms with Gasteiger partial charge in [-0.15, -0.1) is 4.83 Å². The van der Waals surface area contributed by atoms with Crippen LogP contribution in [0.15, 0.2) is 34.2 Å². The highest BCUT2D eigenvalue weighted by Gasteiger charge is 2.68. The fourth-order valence-corrected chi connectivity index (χ4v) is 2.57. The molecule has 1 aromatic carbocycles. The third kappa shape index (κ3) is 5.27. The molecule has 15 heteroatoms. The van der Waals surface area contributed by atoms with E-state index in [1.54, 1.807) is 5.43 Å². The topological polar surface area (TPSA) is 70.6 Å². The van der Waals surface area contributed by atoms with E-state index in [1.807, 2.05) is 0 Å². The maximum atomic E-state index is 12.7. The van der Waals surface area contributed by atoms with Crippen LogP contribution in [0.1, 0.15) is 19.4 Å². The van der Waals surface area contributed by atoms with E-state index in [2.05, 4.69) is 4.99 Å². The highest BCUT2D eigenvalue weighted by atomic mass is 32.2. The summed E-state index contributed by atoms with van der Waals surface area (Å²) >= 11 is 0. The molecule has 0 unspecified atom stereocenters.